The molecule has 0 bridgehead atoms. The molecule has 2 unspecified atom stereocenters. The Labute approximate surface area is 129 Å². The minimum atomic E-state index is -0.437. The van der Waals surface area contributed by atoms with E-state index in [4.69, 9.17) is 4.74 Å². The molecule has 0 aliphatic carbocycles. The van der Waals surface area contributed by atoms with Crippen LogP contribution in [-0.2, 0) is 4.79 Å². The summed E-state index contributed by atoms with van der Waals surface area (Å²) in [4.78, 5) is 11.6. The zero-order chi connectivity index (χ0) is 14.4. The zero-order valence-electron chi connectivity index (χ0n) is 11.5. The van der Waals surface area contributed by atoms with E-state index in [0.29, 0.717) is 19.6 Å². The Bertz CT molecular complexity index is 462. The summed E-state index contributed by atoms with van der Waals surface area (Å²) in [6.45, 7) is 1.83. The molecule has 5 nitrogen and oxygen atoms in total. The van der Waals surface area contributed by atoms with Crippen molar-refractivity contribution in [1.82, 2.24) is 10.6 Å². The molecule has 2 atom stereocenters. The van der Waals surface area contributed by atoms with Gasteiger partial charge in [0.05, 0.1) is 19.1 Å². The summed E-state index contributed by atoms with van der Waals surface area (Å²) < 4.78 is 18.5. The van der Waals surface area contributed by atoms with Crippen LogP contribution in [-0.4, -0.2) is 43.4 Å². The van der Waals surface area contributed by atoms with E-state index < -0.39 is 11.9 Å². The number of para-hydroxylation sites is 1. The van der Waals surface area contributed by atoms with Crippen molar-refractivity contribution in [3.63, 3.8) is 0 Å². The van der Waals surface area contributed by atoms with E-state index in [-0.39, 0.29) is 43.0 Å². The molecular formula is C14H20ClFN2O3. The van der Waals surface area contributed by atoms with Gasteiger partial charge >= 0.3 is 0 Å². The number of hydrogen-bond acceptors (Lipinski definition) is 4. The first kappa shape index (κ1) is 17.7. The standard InChI is InChI=1S/C14H19FN2O3.ClH/c15-11-3-1-2-4-13(11)20-6-5-14(19)17-8-10-7-16-9-12(10)18;/h1-4,10,12,16,18H,5-9H2,(H,17,19);1H. The number of ether oxygens (including phenoxy) is 1. The van der Waals surface area contributed by atoms with E-state index in [2.05, 4.69) is 10.6 Å². The molecule has 1 saturated heterocycles. The second kappa shape index (κ2) is 8.81. The Morgan fingerprint density at radius 2 is 2.19 bits per heavy atom. The number of aliphatic hydroxyl groups excluding tert-OH is 1. The van der Waals surface area contributed by atoms with Gasteiger partial charge in [0.1, 0.15) is 0 Å². The lowest BCUT2D eigenvalue weighted by Gasteiger charge is -2.14. The van der Waals surface area contributed by atoms with Crippen molar-refractivity contribution in [2.45, 2.75) is 12.5 Å². The lowest BCUT2D eigenvalue weighted by molar-refractivity contribution is -0.121. The average Bonchev–Trinajstić information content (AvgIpc) is 2.84. The first-order chi connectivity index (χ1) is 9.66. The molecule has 118 valence electrons. The van der Waals surface area contributed by atoms with E-state index >= 15 is 0 Å². The largest absolute Gasteiger partial charge is 0.490 e. The van der Waals surface area contributed by atoms with Crippen LogP contribution < -0.4 is 15.4 Å². The summed E-state index contributed by atoms with van der Waals surface area (Å²) in [5.74, 6) is -0.407. The highest BCUT2D eigenvalue weighted by molar-refractivity contribution is 5.85. The molecule has 7 heteroatoms. The summed E-state index contributed by atoms with van der Waals surface area (Å²) in [6, 6.07) is 6.08. The van der Waals surface area contributed by atoms with Gasteiger partial charge in [-0.15, -0.1) is 12.4 Å². The maximum Gasteiger partial charge on any atom is 0.223 e. The molecule has 1 amide bonds. The van der Waals surface area contributed by atoms with E-state index in [9.17, 15) is 14.3 Å². The number of carbonyl (C=O) groups is 1. The highest BCUT2D eigenvalue weighted by atomic mass is 35.5. The third-order valence-corrected chi connectivity index (χ3v) is 3.29. The van der Waals surface area contributed by atoms with Crippen molar-refractivity contribution in [3.8, 4) is 5.75 Å². The molecule has 0 radical (unpaired) electrons. The van der Waals surface area contributed by atoms with Crippen LogP contribution in [0.5, 0.6) is 5.75 Å². The Morgan fingerprint density at radius 1 is 1.43 bits per heavy atom. The van der Waals surface area contributed by atoms with Crippen molar-refractivity contribution < 1.29 is 19.0 Å². The monoisotopic (exact) mass is 318 g/mol. The number of amides is 1. The second-order valence-electron chi connectivity index (χ2n) is 4.82. The Morgan fingerprint density at radius 3 is 2.86 bits per heavy atom. The molecule has 0 saturated carbocycles. The van der Waals surface area contributed by atoms with Crippen LogP contribution in [0.15, 0.2) is 24.3 Å². The Kier molecular flexibility index (Phi) is 7.42. The molecule has 1 aromatic rings. The summed E-state index contributed by atoms with van der Waals surface area (Å²) in [5, 5.41) is 15.4. The summed E-state index contributed by atoms with van der Waals surface area (Å²) in [7, 11) is 0. The number of aliphatic hydroxyl groups is 1. The SMILES string of the molecule is Cl.O=C(CCOc1ccccc1F)NCC1CNCC1O. The van der Waals surface area contributed by atoms with Crippen molar-refractivity contribution in [2.75, 3.05) is 26.2 Å². The van der Waals surface area contributed by atoms with Gasteiger partial charge in [0.25, 0.3) is 0 Å². The van der Waals surface area contributed by atoms with Gasteiger partial charge in [-0.2, -0.15) is 0 Å². The van der Waals surface area contributed by atoms with Gasteiger partial charge in [0, 0.05) is 25.6 Å². The predicted octanol–water partition coefficient (Wildman–Crippen LogP) is 0.713. The predicted molar refractivity (Wildman–Crippen MR) is 79.1 cm³/mol. The normalized spacial score (nSPS) is 20.7. The van der Waals surface area contributed by atoms with Gasteiger partial charge in [-0.1, -0.05) is 12.1 Å². The minimum absolute atomic E-state index is 0. The van der Waals surface area contributed by atoms with Crippen LogP contribution in [0.4, 0.5) is 4.39 Å². The van der Waals surface area contributed by atoms with E-state index in [1.165, 1.54) is 12.1 Å². The third kappa shape index (κ3) is 5.49. The molecule has 1 aliphatic heterocycles. The maximum atomic E-state index is 13.2. The topological polar surface area (TPSA) is 70.6 Å². The van der Waals surface area contributed by atoms with Crippen LogP contribution in [0.25, 0.3) is 0 Å². The Hall–Kier alpha value is -1.37. The molecule has 0 aromatic heterocycles. The van der Waals surface area contributed by atoms with Gasteiger partial charge in [-0.3, -0.25) is 4.79 Å². The molecule has 1 aromatic carbocycles. The number of rotatable bonds is 6. The molecule has 1 heterocycles. The first-order valence-electron chi connectivity index (χ1n) is 6.69. The van der Waals surface area contributed by atoms with Crippen LogP contribution in [0.1, 0.15) is 6.42 Å². The number of nitrogens with one attached hydrogen (secondary N) is 2. The van der Waals surface area contributed by atoms with E-state index in [1.807, 2.05) is 0 Å². The molecular weight excluding hydrogens is 299 g/mol. The fourth-order valence-corrected chi connectivity index (χ4v) is 2.08. The molecule has 1 aliphatic rings. The van der Waals surface area contributed by atoms with Gasteiger partial charge in [-0.25, -0.2) is 4.39 Å². The van der Waals surface area contributed by atoms with E-state index in [0.717, 1.165) is 0 Å². The summed E-state index contributed by atoms with van der Waals surface area (Å²) in [5.41, 5.74) is 0. The van der Waals surface area contributed by atoms with Crippen LogP contribution >= 0.6 is 12.4 Å². The minimum Gasteiger partial charge on any atom is -0.490 e. The first-order valence-corrected chi connectivity index (χ1v) is 6.69. The molecule has 3 N–H and O–H groups in total. The Balaban J connectivity index is 0.00000220. The van der Waals surface area contributed by atoms with Gasteiger partial charge < -0.3 is 20.5 Å². The van der Waals surface area contributed by atoms with Crippen molar-refractivity contribution in [1.29, 1.82) is 0 Å². The molecule has 0 spiro atoms. The van der Waals surface area contributed by atoms with Crippen LogP contribution in [0.2, 0.25) is 0 Å². The smallest absolute Gasteiger partial charge is 0.223 e. The maximum absolute atomic E-state index is 13.2. The van der Waals surface area contributed by atoms with Crippen LogP contribution in [0.3, 0.4) is 0 Å². The zero-order valence-corrected chi connectivity index (χ0v) is 12.4. The van der Waals surface area contributed by atoms with E-state index in [1.54, 1.807) is 12.1 Å². The van der Waals surface area contributed by atoms with Gasteiger partial charge in [-0.05, 0) is 12.1 Å². The number of halogens is 2. The number of benzene rings is 1. The van der Waals surface area contributed by atoms with Crippen molar-refractivity contribution in [3.05, 3.63) is 30.1 Å². The van der Waals surface area contributed by atoms with Crippen LogP contribution in [0, 0.1) is 11.7 Å². The quantitative estimate of drug-likeness (QED) is 0.722. The lowest BCUT2D eigenvalue weighted by atomic mass is 10.1. The number of carbonyl (C=O) groups excluding carboxylic acids is 1. The summed E-state index contributed by atoms with van der Waals surface area (Å²) >= 11 is 0. The molecule has 2 rings (SSSR count). The molecule has 21 heavy (non-hydrogen) atoms. The fraction of sp³-hybridized carbons (Fsp3) is 0.500. The highest BCUT2D eigenvalue weighted by Gasteiger charge is 2.24. The average molecular weight is 319 g/mol. The van der Waals surface area contributed by atoms with Gasteiger partial charge in [0.15, 0.2) is 11.6 Å². The van der Waals surface area contributed by atoms with Crippen molar-refractivity contribution >= 4 is 18.3 Å². The lowest BCUT2D eigenvalue weighted by Crippen LogP contribution is -2.34. The van der Waals surface area contributed by atoms with Crippen molar-refractivity contribution in [2.24, 2.45) is 5.92 Å². The number of β-amino-alcohol motifs (C(OH)–C–C–N with tert-alkyl or cyclic N) is 1. The second-order valence-corrected chi connectivity index (χ2v) is 4.82. The molecule has 1 fully saturated rings. The van der Waals surface area contributed by atoms with Gasteiger partial charge in [0.2, 0.25) is 5.91 Å². The highest BCUT2D eigenvalue weighted by Crippen LogP contribution is 2.15. The number of hydrogen-bond donors (Lipinski definition) is 3. The third-order valence-electron chi connectivity index (χ3n) is 3.29. The fourth-order valence-electron chi connectivity index (χ4n) is 2.08. The summed E-state index contributed by atoms with van der Waals surface area (Å²) in [6.07, 6.45) is -0.255.